The Labute approximate surface area is 177 Å². The number of halogens is 1. The van der Waals surface area contributed by atoms with Crippen molar-refractivity contribution in [3.63, 3.8) is 0 Å². The largest absolute Gasteiger partial charge is 0.342 e. The van der Waals surface area contributed by atoms with Crippen molar-refractivity contribution < 1.29 is 14.4 Å². The van der Waals surface area contributed by atoms with Gasteiger partial charge in [-0.05, 0) is 64.7 Å². The van der Waals surface area contributed by atoms with Gasteiger partial charge in [-0.15, -0.1) is 0 Å². The van der Waals surface area contributed by atoms with Crippen molar-refractivity contribution in [3.05, 3.63) is 28.8 Å². The Bertz CT molecular complexity index is 792. The predicted octanol–water partition coefficient (Wildman–Crippen LogP) is 3.80. The van der Waals surface area contributed by atoms with Crippen LogP contribution in [0, 0.1) is 11.8 Å². The van der Waals surface area contributed by atoms with Gasteiger partial charge < -0.3 is 15.1 Å². The van der Waals surface area contributed by atoms with E-state index in [1.807, 2.05) is 25.7 Å². The van der Waals surface area contributed by atoms with Crippen LogP contribution in [0.5, 0.6) is 0 Å². The number of carbonyl (C=O) groups excluding carboxylic acids is 3. The van der Waals surface area contributed by atoms with Crippen molar-refractivity contribution in [2.45, 2.75) is 52.5 Å². The summed E-state index contributed by atoms with van der Waals surface area (Å²) in [4.78, 5) is 41.6. The standard InChI is InChI=1S/C22H30ClN3O3/c1-4-26(14(2)3)22(29)18-12-17(9-10-19(18)23)24-20(27)16-6-5-11-25(13-16)21(28)15-7-8-15/h9-10,12,14-16H,4-8,11,13H2,1-3H3,(H,24,27)/t16-/m0/s1. The zero-order valence-electron chi connectivity index (χ0n) is 17.4. The van der Waals surface area contributed by atoms with Crippen LogP contribution in [-0.2, 0) is 9.59 Å². The molecule has 29 heavy (non-hydrogen) atoms. The second-order valence-electron chi connectivity index (χ2n) is 8.27. The van der Waals surface area contributed by atoms with Crippen LogP contribution in [0.3, 0.4) is 0 Å². The Kier molecular flexibility index (Phi) is 6.83. The molecule has 0 spiro atoms. The van der Waals surface area contributed by atoms with E-state index >= 15 is 0 Å². The maximum atomic E-state index is 12.9. The predicted molar refractivity (Wildman–Crippen MR) is 114 cm³/mol. The van der Waals surface area contributed by atoms with Gasteiger partial charge in [0.25, 0.3) is 5.91 Å². The van der Waals surface area contributed by atoms with E-state index < -0.39 is 0 Å². The number of hydrogen-bond acceptors (Lipinski definition) is 3. The van der Waals surface area contributed by atoms with Crippen LogP contribution >= 0.6 is 11.6 Å². The van der Waals surface area contributed by atoms with Crippen molar-refractivity contribution in [3.8, 4) is 0 Å². The molecule has 1 atom stereocenters. The number of nitrogens with zero attached hydrogens (tertiary/aromatic N) is 2. The lowest BCUT2D eigenvalue weighted by molar-refractivity contribution is -0.135. The van der Waals surface area contributed by atoms with Crippen molar-refractivity contribution in [2.75, 3.05) is 25.0 Å². The van der Waals surface area contributed by atoms with Gasteiger partial charge in [0.2, 0.25) is 11.8 Å². The molecule has 7 heteroatoms. The zero-order valence-corrected chi connectivity index (χ0v) is 18.2. The third-order valence-electron chi connectivity index (χ3n) is 5.72. The van der Waals surface area contributed by atoms with E-state index in [2.05, 4.69) is 5.32 Å². The molecule has 1 N–H and O–H groups in total. The molecule has 1 aliphatic heterocycles. The van der Waals surface area contributed by atoms with Crippen LogP contribution in [-0.4, -0.2) is 53.2 Å². The Morgan fingerprint density at radius 3 is 2.55 bits per heavy atom. The minimum atomic E-state index is -0.232. The third kappa shape index (κ3) is 5.10. The molecule has 3 rings (SSSR count). The second kappa shape index (κ2) is 9.16. The molecule has 1 saturated carbocycles. The van der Waals surface area contributed by atoms with E-state index in [-0.39, 0.29) is 35.6 Å². The Balaban J connectivity index is 1.68. The minimum absolute atomic E-state index is 0.0547. The molecule has 3 amide bonds. The second-order valence-corrected chi connectivity index (χ2v) is 8.67. The van der Waals surface area contributed by atoms with Crippen molar-refractivity contribution in [2.24, 2.45) is 11.8 Å². The first-order valence-corrected chi connectivity index (χ1v) is 10.9. The topological polar surface area (TPSA) is 69.7 Å². The van der Waals surface area contributed by atoms with Crippen LogP contribution < -0.4 is 5.32 Å². The summed E-state index contributed by atoms with van der Waals surface area (Å²) >= 11 is 6.27. The number of likely N-dealkylation sites (tertiary alicyclic amines) is 1. The molecule has 0 aromatic heterocycles. The molecule has 6 nitrogen and oxygen atoms in total. The summed E-state index contributed by atoms with van der Waals surface area (Å²) < 4.78 is 0. The molecule has 0 unspecified atom stereocenters. The summed E-state index contributed by atoms with van der Waals surface area (Å²) in [5.41, 5.74) is 0.933. The first kappa shape index (κ1) is 21.6. The monoisotopic (exact) mass is 419 g/mol. The van der Waals surface area contributed by atoms with Crippen molar-refractivity contribution in [1.82, 2.24) is 9.80 Å². The summed E-state index contributed by atoms with van der Waals surface area (Å²) in [6, 6.07) is 5.05. The molecule has 2 aliphatic rings. The van der Waals surface area contributed by atoms with Crippen molar-refractivity contribution in [1.29, 1.82) is 0 Å². The average molecular weight is 420 g/mol. The first-order chi connectivity index (χ1) is 13.8. The van der Waals surface area contributed by atoms with Crippen molar-refractivity contribution >= 4 is 35.0 Å². The number of anilines is 1. The first-order valence-electron chi connectivity index (χ1n) is 10.5. The Hall–Kier alpha value is -2.08. The Morgan fingerprint density at radius 2 is 1.93 bits per heavy atom. The van der Waals surface area contributed by atoms with Gasteiger partial charge in [0, 0.05) is 37.3 Å². The van der Waals surface area contributed by atoms with Gasteiger partial charge in [-0.1, -0.05) is 11.6 Å². The number of carbonyl (C=O) groups is 3. The molecule has 1 aromatic rings. The quantitative estimate of drug-likeness (QED) is 0.762. The van der Waals surface area contributed by atoms with Gasteiger partial charge in [-0.2, -0.15) is 0 Å². The van der Waals surface area contributed by atoms with Crippen LogP contribution in [0.15, 0.2) is 18.2 Å². The molecular formula is C22H30ClN3O3. The average Bonchev–Trinajstić information content (AvgIpc) is 3.54. The van der Waals surface area contributed by atoms with Gasteiger partial charge in [-0.25, -0.2) is 0 Å². The van der Waals surface area contributed by atoms with Crippen LogP contribution in [0.25, 0.3) is 0 Å². The number of nitrogens with one attached hydrogen (secondary N) is 1. The number of benzene rings is 1. The van der Waals surface area contributed by atoms with Gasteiger partial charge >= 0.3 is 0 Å². The van der Waals surface area contributed by atoms with Gasteiger partial charge in [0.05, 0.1) is 16.5 Å². The highest BCUT2D eigenvalue weighted by Crippen LogP contribution is 2.33. The number of piperidine rings is 1. The lowest BCUT2D eigenvalue weighted by Gasteiger charge is -2.32. The van der Waals surface area contributed by atoms with E-state index in [1.54, 1.807) is 23.1 Å². The maximum absolute atomic E-state index is 12.9. The van der Waals surface area contributed by atoms with Gasteiger partial charge in [0.1, 0.15) is 0 Å². The smallest absolute Gasteiger partial charge is 0.255 e. The summed E-state index contributed by atoms with van der Waals surface area (Å²) in [6.45, 7) is 7.63. The summed E-state index contributed by atoms with van der Waals surface area (Å²) in [7, 11) is 0. The van der Waals surface area contributed by atoms with Gasteiger partial charge in [0.15, 0.2) is 0 Å². The molecule has 1 aromatic carbocycles. The maximum Gasteiger partial charge on any atom is 0.255 e. The van der Waals surface area contributed by atoms with E-state index in [1.165, 1.54) is 0 Å². The SMILES string of the molecule is CCN(C(=O)c1cc(NC(=O)[C@H]2CCCN(C(=O)C3CC3)C2)ccc1Cl)C(C)C. The van der Waals surface area contributed by atoms with Crippen LogP contribution in [0.1, 0.15) is 56.8 Å². The zero-order chi connectivity index (χ0) is 21.1. The summed E-state index contributed by atoms with van der Waals surface area (Å²) in [6.07, 6.45) is 3.54. The van der Waals surface area contributed by atoms with Gasteiger partial charge in [-0.3, -0.25) is 14.4 Å². The third-order valence-corrected chi connectivity index (χ3v) is 6.05. The molecule has 0 radical (unpaired) electrons. The fraction of sp³-hybridized carbons (Fsp3) is 0.591. The highest BCUT2D eigenvalue weighted by molar-refractivity contribution is 6.34. The molecule has 1 saturated heterocycles. The van der Waals surface area contributed by atoms with Crippen LogP contribution in [0.2, 0.25) is 5.02 Å². The van der Waals surface area contributed by atoms with Crippen LogP contribution in [0.4, 0.5) is 5.69 Å². The molecular weight excluding hydrogens is 390 g/mol. The lowest BCUT2D eigenvalue weighted by Crippen LogP contribution is -2.44. The normalized spacial score (nSPS) is 19.2. The van der Waals surface area contributed by atoms with E-state index in [0.717, 1.165) is 32.2 Å². The number of rotatable bonds is 6. The van der Waals surface area contributed by atoms with E-state index in [9.17, 15) is 14.4 Å². The van der Waals surface area contributed by atoms with E-state index in [4.69, 9.17) is 11.6 Å². The highest BCUT2D eigenvalue weighted by Gasteiger charge is 2.36. The fourth-order valence-corrected chi connectivity index (χ4v) is 4.09. The number of hydrogen-bond donors (Lipinski definition) is 1. The fourth-order valence-electron chi connectivity index (χ4n) is 3.89. The molecule has 0 bridgehead atoms. The lowest BCUT2D eigenvalue weighted by atomic mass is 9.96. The molecule has 2 fully saturated rings. The molecule has 158 valence electrons. The number of amides is 3. The molecule has 1 aliphatic carbocycles. The minimum Gasteiger partial charge on any atom is -0.342 e. The Morgan fingerprint density at radius 1 is 1.21 bits per heavy atom. The van der Waals surface area contributed by atoms with E-state index in [0.29, 0.717) is 29.4 Å². The summed E-state index contributed by atoms with van der Waals surface area (Å²) in [5, 5.41) is 3.28. The highest BCUT2D eigenvalue weighted by atomic mass is 35.5. The summed E-state index contributed by atoms with van der Waals surface area (Å²) in [5.74, 6) is -0.138. The molecule has 1 heterocycles.